The standard InChI is InChI=1S/C10H21NO2/c1-7(2)5-9(12)6-11-10(13)8(3)4/h7-9,12H,5-6H2,1-4H3,(H,11,13). The first-order valence-corrected chi connectivity index (χ1v) is 4.89. The van der Waals surface area contributed by atoms with Crippen LogP contribution in [-0.2, 0) is 4.79 Å². The molecule has 0 aliphatic carbocycles. The Kier molecular flexibility index (Phi) is 5.71. The Hall–Kier alpha value is -0.570. The summed E-state index contributed by atoms with van der Waals surface area (Å²) in [4.78, 5) is 11.1. The Morgan fingerprint density at radius 2 is 1.85 bits per heavy atom. The van der Waals surface area contributed by atoms with Crippen LogP contribution in [0.4, 0.5) is 0 Å². The molecule has 0 rings (SSSR count). The lowest BCUT2D eigenvalue weighted by molar-refractivity contribution is -0.124. The fourth-order valence-electron chi connectivity index (χ4n) is 1.05. The van der Waals surface area contributed by atoms with Crippen molar-refractivity contribution in [3.05, 3.63) is 0 Å². The van der Waals surface area contributed by atoms with Crippen molar-refractivity contribution in [2.24, 2.45) is 11.8 Å². The molecule has 0 aliphatic rings. The maximum Gasteiger partial charge on any atom is 0.222 e. The summed E-state index contributed by atoms with van der Waals surface area (Å²) >= 11 is 0. The molecule has 0 bridgehead atoms. The molecule has 13 heavy (non-hydrogen) atoms. The second kappa shape index (κ2) is 5.97. The minimum absolute atomic E-state index is 0.00260. The zero-order chi connectivity index (χ0) is 10.4. The van der Waals surface area contributed by atoms with Gasteiger partial charge >= 0.3 is 0 Å². The number of nitrogens with one attached hydrogen (secondary N) is 1. The molecule has 1 amide bonds. The van der Waals surface area contributed by atoms with E-state index in [1.165, 1.54) is 0 Å². The molecule has 0 heterocycles. The summed E-state index contributed by atoms with van der Waals surface area (Å²) in [7, 11) is 0. The number of hydrogen-bond donors (Lipinski definition) is 2. The molecule has 0 aromatic carbocycles. The van der Waals surface area contributed by atoms with E-state index in [4.69, 9.17) is 0 Å². The van der Waals surface area contributed by atoms with E-state index >= 15 is 0 Å². The smallest absolute Gasteiger partial charge is 0.222 e. The zero-order valence-electron chi connectivity index (χ0n) is 9.00. The molecule has 0 radical (unpaired) electrons. The largest absolute Gasteiger partial charge is 0.391 e. The maximum atomic E-state index is 11.1. The van der Waals surface area contributed by atoms with Crippen LogP contribution in [-0.4, -0.2) is 23.7 Å². The van der Waals surface area contributed by atoms with E-state index in [9.17, 15) is 9.90 Å². The highest BCUT2D eigenvalue weighted by Gasteiger charge is 2.10. The molecule has 0 spiro atoms. The first-order chi connectivity index (χ1) is 5.93. The van der Waals surface area contributed by atoms with Gasteiger partial charge in [0.2, 0.25) is 5.91 Å². The molecule has 1 atom stereocenters. The number of aliphatic hydroxyl groups excluding tert-OH is 1. The van der Waals surface area contributed by atoms with E-state index in [0.717, 1.165) is 6.42 Å². The van der Waals surface area contributed by atoms with Gasteiger partial charge in [0.1, 0.15) is 0 Å². The third kappa shape index (κ3) is 6.58. The number of hydrogen-bond acceptors (Lipinski definition) is 2. The van der Waals surface area contributed by atoms with Crippen molar-refractivity contribution in [2.45, 2.75) is 40.2 Å². The van der Waals surface area contributed by atoms with Gasteiger partial charge in [0.25, 0.3) is 0 Å². The monoisotopic (exact) mass is 187 g/mol. The lowest BCUT2D eigenvalue weighted by Crippen LogP contribution is -2.35. The summed E-state index contributed by atoms with van der Waals surface area (Å²) in [5.74, 6) is 0.458. The van der Waals surface area contributed by atoms with E-state index in [1.54, 1.807) is 0 Å². The minimum Gasteiger partial charge on any atom is -0.391 e. The van der Waals surface area contributed by atoms with Gasteiger partial charge in [-0.15, -0.1) is 0 Å². The van der Waals surface area contributed by atoms with E-state index < -0.39 is 6.10 Å². The second-order valence-corrected chi connectivity index (χ2v) is 4.18. The Labute approximate surface area is 80.5 Å². The highest BCUT2D eigenvalue weighted by Crippen LogP contribution is 2.03. The molecule has 0 saturated heterocycles. The molecule has 78 valence electrons. The molecule has 1 unspecified atom stereocenters. The van der Waals surface area contributed by atoms with Crippen LogP contribution in [0.15, 0.2) is 0 Å². The van der Waals surface area contributed by atoms with Crippen LogP contribution in [0.1, 0.15) is 34.1 Å². The van der Waals surface area contributed by atoms with Crippen LogP contribution in [0.5, 0.6) is 0 Å². The van der Waals surface area contributed by atoms with Crippen molar-refractivity contribution in [1.82, 2.24) is 5.32 Å². The lowest BCUT2D eigenvalue weighted by Gasteiger charge is -2.14. The Bertz CT molecular complexity index is 155. The van der Waals surface area contributed by atoms with Gasteiger partial charge in [-0.25, -0.2) is 0 Å². The molecule has 0 fully saturated rings. The number of rotatable bonds is 5. The molecule has 0 aromatic rings. The number of carbonyl (C=O) groups excluding carboxylic acids is 1. The van der Waals surface area contributed by atoms with E-state index in [1.807, 2.05) is 27.7 Å². The molecular weight excluding hydrogens is 166 g/mol. The fourth-order valence-corrected chi connectivity index (χ4v) is 1.05. The average Bonchev–Trinajstić information content (AvgIpc) is 1.98. The van der Waals surface area contributed by atoms with E-state index in [0.29, 0.717) is 12.5 Å². The van der Waals surface area contributed by atoms with Gasteiger partial charge in [-0.05, 0) is 12.3 Å². The van der Waals surface area contributed by atoms with Gasteiger partial charge in [-0.3, -0.25) is 4.79 Å². The fraction of sp³-hybridized carbons (Fsp3) is 0.900. The number of carbonyl (C=O) groups is 1. The van der Waals surface area contributed by atoms with Gasteiger partial charge in [0.15, 0.2) is 0 Å². The molecule has 2 N–H and O–H groups in total. The van der Waals surface area contributed by atoms with Crippen molar-refractivity contribution in [1.29, 1.82) is 0 Å². The zero-order valence-corrected chi connectivity index (χ0v) is 9.00. The highest BCUT2D eigenvalue weighted by molar-refractivity contribution is 5.77. The summed E-state index contributed by atoms with van der Waals surface area (Å²) in [6.45, 7) is 8.14. The molecule has 3 nitrogen and oxygen atoms in total. The van der Waals surface area contributed by atoms with Crippen molar-refractivity contribution >= 4 is 5.91 Å². The maximum absolute atomic E-state index is 11.1. The second-order valence-electron chi connectivity index (χ2n) is 4.18. The highest BCUT2D eigenvalue weighted by atomic mass is 16.3. The summed E-state index contributed by atoms with van der Waals surface area (Å²) in [5.41, 5.74) is 0. The van der Waals surface area contributed by atoms with Gasteiger partial charge in [-0.1, -0.05) is 27.7 Å². The summed E-state index contributed by atoms with van der Waals surface area (Å²) in [6, 6.07) is 0. The topological polar surface area (TPSA) is 49.3 Å². The Balaban J connectivity index is 3.58. The molecule has 0 saturated carbocycles. The van der Waals surface area contributed by atoms with Crippen molar-refractivity contribution in [3.8, 4) is 0 Å². The molecular formula is C10H21NO2. The third-order valence-corrected chi connectivity index (χ3v) is 1.78. The van der Waals surface area contributed by atoms with E-state index in [-0.39, 0.29) is 11.8 Å². The number of amides is 1. The SMILES string of the molecule is CC(C)CC(O)CNC(=O)C(C)C. The van der Waals surface area contributed by atoms with Crippen LogP contribution < -0.4 is 5.32 Å². The average molecular weight is 187 g/mol. The van der Waals surface area contributed by atoms with Crippen LogP contribution in [0.25, 0.3) is 0 Å². The Morgan fingerprint density at radius 3 is 2.23 bits per heavy atom. The Morgan fingerprint density at radius 1 is 1.31 bits per heavy atom. The lowest BCUT2D eigenvalue weighted by atomic mass is 10.1. The first kappa shape index (κ1) is 12.4. The number of aliphatic hydroxyl groups is 1. The minimum atomic E-state index is -0.414. The van der Waals surface area contributed by atoms with Crippen molar-refractivity contribution < 1.29 is 9.90 Å². The molecule has 0 aliphatic heterocycles. The molecule has 0 aromatic heterocycles. The van der Waals surface area contributed by atoms with Gasteiger partial charge in [-0.2, -0.15) is 0 Å². The first-order valence-electron chi connectivity index (χ1n) is 4.89. The van der Waals surface area contributed by atoms with Gasteiger partial charge in [0.05, 0.1) is 6.10 Å². The van der Waals surface area contributed by atoms with Crippen LogP contribution in [0.2, 0.25) is 0 Å². The van der Waals surface area contributed by atoms with Gasteiger partial charge < -0.3 is 10.4 Å². The quantitative estimate of drug-likeness (QED) is 0.678. The molecule has 3 heteroatoms. The summed E-state index contributed by atoms with van der Waals surface area (Å²) in [6.07, 6.45) is 0.320. The van der Waals surface area contributed by atoms with E-state index in [2.05, 4.69) is 5.32 Å². The van der Waals surface area contributed by atoms with Crippen LogP contribution in [0.3, 0.4) is 0 Å². The van der Waals surface area contributed by atoms with Crippen LogP contribution in [0, 0.1) is 11.8 Å². The third-order valence-electron chi connectivity index (χ3n) is 1.78. The van der Waals surface area contributed by atoms with Gasteiger partial charge in [0, 0.05) is 12.5 Å². The predicted octanol–water partition coefficient (Wildman–Crippen LogP) is 1.17. The summed E-state index contributed by atoms with van der Waals surface area (Å²) < 4.78 is 0. The normalized spacial score (nSPS) is 13.5. The summed E-state index contributed by atoms with van der Waals surface area (Å²) in [5, 5.41) is 12.1. The van der Waals surface area contributed by atoms with Crippen LogP contribution >= 0.6 is 0 Å². The van der Waals surface area contributed by atoms with Crippen molar-refractivity contribution in [3.63, 3.8) is 0 Å². The predicted molar refractivity (Wildman–Crippen MR) is 53.3 cm³/mol. The van der Waals surface area contributed by atoms with Crippen molar-refractivity contribution in [2.75, 3.05) is 6.54 Å².